The molecule has 0 unspecified atom stereocenters. The molecule has 0 saturated heterocycles. The molecule has 0 atom stereocenters. The van der Waals surface area contributed by atoms with Crippen molar-refractivity contribution in [2.75, 3.05) is 14.1 Å². The molecule has 3 rings (SSSR count). The molecule has 0 radical (unpaired) electrons. The van der Waals surface area contributed by atoms with Crippen molar-refractivity contribution in [2.45, 2.75) is 26.8 Å². The Labute approximate surface area is 146 Å². The molecule has 0 aliphatic carbocycles. The van der Waals surface area contributed by atoms with Crippen LogP contribution >= 0.6 is 11.3 Å². The fourth-order valence-corrected chi connectivity index (χ4v) is 3.26. The van der Waals surface area contributed by atoms with Crippen LogP contribution in [0.3, 0.4) is 0 Å². The maximum absolute atomic E-state index is 4.73. The fourth-order valence-electron chi connectivity index (χ4n) is 2.37. The SMILES string of the molecule is CC(C)Cc1nc(-c2csc(CN(C)C)n2)n(-c2ccccn2)n1. The van der Waals surface area contributed by atoms with Gasteiger partial charge in [-0.2, -0.15) is 4.68 Å². The minimum absolute atomic E-state index is 0.497. The molecular formula is C17H22N6S. The first-order valence-corrected chi connectivity index (χ1v) is 8.87. The van der Waals surface area contributed by atoms with Gasteiger partial charge in [0.1, 0.15) is 10.7 Å². The lowest BCUT2D eigenvalue weighted by Crippen LogP contribution is -2.10. The average Bonchev–Trinajstić information content (AvgIpc) is 3.14. The molecule has 3 aromatic rings. The van der Waals surface area contributed by atoms with Crippen molar-refractivity contribution < 1.29 is 0 Å². The summed E-state index contributed by atoms with van der Waals surface area (Å²) in [7, 11) is 4.08. The third kappa shape index (κ3) is 3.85. The molecule has 6 nitrogen and oxygen atoms in total. The molecule has 0 fully saturated rings. The summed E-state index contributed by atoms with van der Waals surface area (Å²) in [6.45, 7) is 5.15. The Balaban J connectivity index is 2.02. The number of rotatable bonds is 6. The van der Waals surface area contributed by atoms with Crippen molar-refractivity contribution >= 4 is 11.3 Å². The molecule has 0 amide bonds. The number of aromatic nitrogens is 5. The van der Waals surface area contributed by atoms with E-state index in [1.54, 1.807) is 22.2 Å². The maximum atomic E-state index is 4.73. The number of pyridine rings is 1. The Morgan fingerprint density at radius 2 is 2.04 bits per heavy atom. The van der Waals surface area contributed by atoms with E-state index in [2.05, 4.69) is 28.8 Å². The summed E-state index contributed by atoms with van der Waals surface area (Å²) in [6.07, 6.45) is 2.60. The van der Waals surface area contributed by atoms with Gasteiger partial charge in [-0.05, 0) is 32.1 Å². The smallest absolute Gasteiger partial charge is 0.184 e. The van der Waals surface area contributed by atoms with Crippen LogP contribution in [0.25, 0.3) is 17.3 Å². The van der Waals surface area contributed by atoms with E-state index < -0.39 is 0 Å². The quantitative estimate of drug-likeness (QED) is 0.689. The highest BCUT2D eigenvalue weighted by atomic mass is 32.1. The number of nitrogens with zero attached hydrogens (tertiary/aromatic N) is 6. The lowest BCUT2D eigenvalue weighted by atomic mass is 10.1. The van der Waals surface area contributed by atoms with Gasteiger partial charge in [-0.3, -0.25) is 0 Å². The van der Waals surface area contributed by atoms with E-state index in [1.165, 1.54) is 0 Å². The lowest BCUT2D eigenvalue weighted by Gasteiger charge is -2.05. The number of hydrogen-bond acceptors (Lipinski definition) is 6. The molecule has 7 heteroatoms. The summed E-state index contributed by atoms with van der Waals surface area (Å²) >= 11 is 1.65. The van der Waals surface area contributed by atoms with E-state index in [1.807, 2.05) is 37.7 Å². The maximum Gasteiger partial charge on any atom is 0.184 e. The summed E-state index contributed by atoms with van der Waals surface area (Å²) in [4.78, 5) is 16.0. The average molecular weight is 342 g/mol. The highest BCUT2D eigenvalue weighted by Crippen LogP contribution is 2.23. The predicted molar refractivity (Wildman–Crippen MR) is 96.2 cm³/mol. The first kappa shape index (κ1) is 16.7. The third-order valence-corrected chi connectivity index (χ3v) is 4.17. The highest BCUT2D eigenvalue weighted by molar-refractivity contribution is 7.09. The van der Waals surface area contributed by atoms with Crippen molar-refractivity contribution in [1.82, 2.24) is 29.6 Å². The van der Waals surface area contributed by atoms with Gasteiger partial charge in [-0.15, -0.1) is 16.4 Å². The van der Waals surface area contributed by atoms with Gasteiger partial charge in [0, 0.05) is 24.5 Å². The van der Waals surface area contributed by atoms with Crippen LogP contribution in [-0.4, -0.2) is 43.7 Å². The lowest BCUT2D eigenvalue weighted by molar-refractivity contribution is 0.401. The van der Waals surface area contributed by atoms with E-state index in [0.29, 0.717) is 5.92 Å². The van der Waals surface area contributed by atoms with Crippen LogP contribution in [0.4, 0.5) is 0 Å². The summed E-state index contributed by atoms with van der Waals surface area (Å²) in [5.41, 5.74) is 0.852. The minimum Gasteiger partial charge on any atom is -0.303 e. The number of thiazole rings is 1. The zero-order valence-corrected chi connectivity index (χ0v) is 15.3. The minimum atomic E-state index is 0.497. The molecule has 126 valence electrons. The summed E-state index contributed by atoms with van der Waals surface area (Å²) in [5.74, 6) is 2.84. The largest absolute Gasteiger partial charge is 0.303 e. The van der Waals surface area contributed by atoms with Crippen molar-refractivity contribution in [2.24, 2.45) is 5.92 Å². The predicted octanol–water partition coefficient (Wildman–Crippen LogP) is 3.05. The molecular weight excluding hydrogens is 320 g/mol. The zero-order valence-electron chi connectivity index (χ0n) is 14.5. The fraction of sp³-hybridized carbons (Fsp3) is 0.412. The van der Waals surface area contributed by atoms with Crippen molar-refractivity contribution in [3.05, 3.63) is 40.6 Å². The molecule has 0 bridgehead atoms. The molecule has 0 aliphatic heterocycles. The summed E-state index contributed by atoms with van der Waals surface area (Å²) in [5, 5.41) is 7.77. The monoisotopic (exact) mass is 342 g/mol. The van der Waals surface area contributed by atoms with Crippen LogP contribution in [0, 0.1) is 5.92 Å². The second kappa shape index (κ2) is 7.19. The van der Waals surface area contributed by atoms with Gasteiger partial charge in [0.15, 0.2) is 17.5 Å². The van der Waals surface area contributed by atoms with Gasteiger partial charge in [0.25, 0.3) is 0 Å². The molecule has 3 aromatic heterocycles. The molecule has 0 N–H and O–H groups in total. The van der Waals surface area contributed by atoms with Crippen LogP contribution in [0.2, 0.25) is 0 Å². The Morgan fingerprint density at radius 1 is 1.21 bits per heavy atom. The standard InChI is InChI=1S/C17H22N6S/c1-12(2)9-14-20-17(13-11-24-16(19-13)10-22(3)4)23(21-14)15-7-5-6-8-18-15/h5-8,11-12H,9-10H2,1-4H3. The third-order valence-electron chi connectivity index (χ3n) is 3.34. The van der Waals surface area contributed by atoms with E-state index in [9.17, 15) is 0 Å². The second-order valence-electron chi connectivity index (χ2n) is 6.41. The van der Waals surface area contributed by atoms with Gasteiger partial charge in [-0.1, -0.05) is 19.9 Å². The highest BCUT2D eigenvalue weighted by Gasteiger charge is 2.17. The van der Waals surface area contributed by atoms with Crippen molar-refractivity contribution in [3.8, 4) is 17.3 Å². The van der Waals surface area contributed by atoms with E-state index in [-0.39, 0.29) is 0 Å². The van der Waals surface area contributed by atoms with Crippen molar-refractivity contribution in [3.63, 3.8) is 0 Å². The number of hydrogen-bond donors (Lipinski definition) is 0. The Hall–Kier alpha value is -2.12. The van der Waals surface area contributed by atoms with Gasteiger partial charge in [0.05, 0.1) is 0 Å². The normalized spacial score (nSPS) is 11.6. The van der Waals surface area contributed by atoms with Gasteiger partial charge < -0.3 is 4.90 Å². The van der Waals surface area contributed by atoms with Crippen LogP contribution in [-0.2, 0) is 13.0 Å². The Bertz CT molecular complexity index is 791. The topological polar surface area (TPSA) is 59.7 Å². The first-order valence-electron chi connectivity index (χ1n) is 7.99. The summed E-state index contributed by atoms with van der Waals surface area (Å²) < 4.78 is 1.80. The van der Waals surface area contributed by atoms with Gasteiger partial charge in [-0.25, -0.2) is 15.0 Å². The van der Waals surface area contributed by atoms with Gasteiger partial charge >= 0.3 is 0 Å². The van der Waals surface area contributed by atoms with E-state index >= 15 is 0 Å². The molecule has 3 heterocycles. The Kier molecular flexibility index (Phi) is 5.01. The van der Waals surface area contributed by atoms with E-state index in [0.717, 1.165) is 41.1 Å². The Morgan fingerprint density at radius 3 is 2.71 bits per heavy atom. The van der Waals surface area contributed by atoms with Gasteiger partial charge in [0.2, 0.25) is 0 Å². The summed E-state index contributed by atoms with van der Waals surface area (Å²) in [6, 6.07) is 5.78. The van der Waals surface area contributed by atoms with E-state index in [4.69, 9.17) is 9.97 Å². The molecule has 0 aromatic carbocycles. The van der Waals surface area contributed by atoms with Crippen LogP contribution in [0.5, 0.6) is 0 Å². The van der Waals surface area contributed by atoms with Crippen LogP contribution < -0.4 is 0 Å². The second-order valence-corrected chi connectivity index (χ2v) is 7.36. The first-order chi connectivity index (χ1) is 11.5. The zero-order chi connectivity index (χ0) is 17.1. The van der Waals surface area contributed by atoms with Crippen LogP contribution in [0.15, 0.2) is 29.8 Å². The molecule has 24 heavy (non-hydrogen) atoms. The van der Waals surface area contributed by atoms with Crippen LogP contribution in [0.1, 0.15) is 24.7 Å². The molecule has 0 aliphatic rings. The van der Waals surface area contributed by atoms with Crippen molar-refractivity contribution in [1.29, 1.82) is 0 Å². The molecule has 0 spiro atoms. The molecule has 0 saturated carbocycles.